The molecule has 6 nitrogen and oxygen atoms in total. The molecule has 2 aromatic heterocycles. The van der Waals surface area contributed by atoms with E-state index < -0.39 is 24.5 Å². The third-order valence-electron chi connectivity index (χ3n) is 5.89. The molecule has 0 radical (unpaired) electrons. The average Bonchev–Trinajstić information content (AvgIpc) is 3.35. The molecule has 1 N–H and O–H groups in total. The Morgan fingerprint density at radius 1 is 1.31 bits per heavy atom. The van der Waals surface area contributed by atoms with Gasteiger partial charge >= 0.3 is 6.18 Å². The maximum atomic E-state index is 12.7. The predicted molar refractivity (Wildman–Crippen MR) is 118 cm³/mol. The normalized spacial score (nSPS) is 17.3. The molecule has 0 fully saturated rings. The number of carbonyl (C=O) groups is 1. The zero-order valence-electron chi connectivity index (χ0n) is 17.2. The number of nitrogens with zero attached hydrogens (tertiary/aromatic N) is 4. The van der Waals surface area contributed by atoms with Crippen LogP contribution in [-0.4, -0.2) is 46.8 Å². The molecule has 0 saturated carbocycles. The summed E-state index contributed by atoms with van der Waals surface area (Å²) < 4.78 is 38.1. The van der Waals surface area contributed by atoms with E-state index in [-0.39, 0.29) is 0 Å². The summed E-state index contributed by atoms with van der Waals surface area (Å²) in [6, 6.07) is 6.06. The number of hydrogen-bond donors (Lipinski definition) is 1. The molecule has 1 amide bonds. The number of hydrogen-bond acceptors (Lipinski definition) is 6. The van der Waals surface area contributed by atoms with Crippen molar-refractivity contribution in [2.24, 2.45) is 10.9 Å². The Hall–Kier alpha value is -3.01. The van der Waals surface area contributed by atoms with Crippen LogP contribution in [0.4, 0.5) is 24.7 Å². The molecule has 0 bridgehead atoms. The van der Waals surface area contributed by atoms with Crippen molar-refractivity contribution in [3.05, 3.63) is 46.1 Å². The van der Waals surface area contributed by atoms with Gasteiger partial charge in [0.1, 0.15) is 23.5 Å². The number of anilines is 2. The van der Waals surface area contributed by atoms with Crippen LogP contribution < -0.4 is 5.32 Å². The molecule has 2 aliphatic rings. The lowest BCUT2D eigenvalue weighted by atomic mass is 9.87. The van der Waals surface area contributed by atoms with E-state index >= 15 is 0 Å². The number of thiophene rings is 1. The van der Waals surface area contributed by atoms with E-state index in [1.165, 1.54) is 30.3 Å². The minimum atomic E-state index is -4.40. The first-order valence-corrected chi connectivity index (χ1v) is 11.1. The summed E-state index contributed by atoms with van der Waals surface area (Å²) in [5.41, 5.74) is 4.24. The smallest absolute Gasteiger partial charge is 0.340 e. The van der Waals surface area contributed by atoms with Gasteiger partial charge < -0.3 is 10.2 Å². The Kier molecular flexibility index (Phi) is 5.11. The second-order valence-corrected chi connectivity index (χ2v) is 9.25. The highest BCUT2D eigenvalue weighted by molar-refractivity contribution is 7.19. The standard InChI is InChI=1S/C22H20F3N5OS/c1-30(10-22(23,24)25)21(31)12-3-5-16-17(7-12)32-20-18(16)19(27-11-28-20)29-15-4-2-13-8-26-9-14(13)6-15/h2,4,6,9,11-12H,3,5,7-8,10H2,1H3,(H,27,28,29)/t12-/m0/s1. The largest absolute Gasteiger partial charge is 0.406 e. The third kappa shape index (κ3) is 3.94. The van der Waals surface area contributed by atoms with Crippen molar-refractivity contribution >= 4 is 45.2 Å². The van der Waals surface area contributed by atoms with Gasteiger partial charge in [-0.25, -0.2) is 9.97 Å². The van der Waals surface area contributed by atoms with Gasteiger partial charge in [-0.3, -0.25) is 9.79 Å². The number of halogens is 3. The molecule has 10 heteroatoms. The van der Waals surface area contributed by atoms with Gasteiger partial charge in [0.05, 0.1) is 11.9 Å². The maximum Gasteiger partial charge on any atom is 0.406 e. The van der Waals surface area contributed by atoms with Gasteiger partial charge in [0, 0.05) is 29.7 Å². The van der Waals surface area contributed by atoms with Crippen LogP contribution in [0.25, 0.3) is 10.2 Å². The Balaban J connectivity index is 1.41. The molecule has 3 heterocycles. The second-order valence-electron chi connectivity index (χ2n) is 8.16. The molecule has 166 valence electrons. The quantitative estimate of drug-likeness (QED) is 0.624. The zero-order chi connectivity index (χ0) is 22.5. The highest BCUT2D eigenvalue weighted by Crippen LogP contribution is 2.41. The van der Waals surface area contributed by atoms with Gasteiger partial charge in [-0.05, 0) is 48.1 Å². The van der Waals surface area contributed by atoms with Crippen molar-refractivity contribution in [3.8, 4) is 0 Å². The monoisotopic (exact) mass is 459 g/mol. The van der Waals surface area contributed by atoms with Crippen molar-refractivity contribution in [1.82, 2.24) is 14.9 Å². The highest BCUT2D eigenvalue weighted by Gasteiger charge is 2.35. The SMILES string of the molecule is CN(CC(F)(F)F)C(=O)[C@H]1CCc2c(sc3ncnc(Nc4ccc5c(c4)C=NC5)c23)C1. The van der Waals surface area contributed by atoms with Gasteiger partial charge in [-0.15, -0.1) is 11.3 Å². The van der Waals surface area contributed by atoms with E-state index in [1.54, 1.807) is 0 Å². The summed E-state index contributed by atoms with van der Waals surface area (Å²) in [6.45, 7) is -0.532. The van der Waals surface area contributed by atoms with Crippen LogP contribution in [0.15, 0.2) is 29.5 Å². The first-order valence-electron chi connectivity index (χ1n) is 10.3. The number of carbonyl (C=O) groups excluding carboxylic acids is 1. The molecule has 0 spiro atoms. The van der Waals surface area contributed by atoms with Crippen LogP contribution in [0.3, 0.4) is 0 Å². The predicted octanol–water partition coefficient (Wildman–Crippen LogP) is 4.49. The molecule has 1 atom stereocenters. The van der Waals surface area contributed by atoms with Crippen molar-refractivity contribution in [3.63, 3.8) is 0 Å². The Morgan fingerprint density at radius 3 is 2.97 bits per heavy atom. The molecule has 0 saturated heterocycles. The Morgan fingerprint density at radius 2 is 2.16 bits per heavy atom. The fourth-order valence-electron chi connectivity index (χ4n) is 4.39. The summed E-state index contributed by atoms with van der Waals surface area (Å²) in [5.74, 6) is -0.223. The first kappa shape index (κ1) is 20.9. The van der Waals surface area contributed by atoms with E-state index in [9.17, 15) is 18.0 Å². The molecular formula is C22H20F3N5OS. The lowest BCUT2D eigenvalue weighted by Crippen LogP contribution is -2.40. The van der Waals surface area contributed by atoms with Crippen molar-refractivity contribution in [2.75, 3.05) is 18.9 Å². The van der Waals surface area contributed by atoms with Crippen LogP contribution in [0.1, 0.15) is 28.0 Å². The van der Waals surface area contributed by atoms with Crippen LogP contribution in [-0.2, 0) is 24.2 Å². The molecule has 32 heavy (non-hydrogen) atoms. The molecule has 5 rings (SSSR count). The van der Waals surface area contributed by atoms with E-state index in [4.69, 9.17) is 0 Å². The van der Waals surface area contributed by atoms with Crippen molar-refractivity contribution in [2.45, 2.75) is 32.0 Å². The van der Waals surface area contributed by atoms with Crippen molar-refractivity contribution < 1.29 is 18.0 Å². The number of nitrogens with one attached hydrogen (secondary N) is 1. The van der Waals surface area contributed by atoms with Crippen LogP contribution >= 0.6 is 11.3 Å². The summed E-state index contributed by atoms with van der Waals surface area (Å²) >= 11 is 1.49. The lowest BCUT2D eigenvalue weighted by Gasteiger charge is -2.27. The van der Waals surface area contributed by atoms with E-state index in [0.717, 1.165) is 36.8 Å². The second kappa shape index (κ2) is 7.84. The summed E-state index contributed by atoms with van der Waals surface area (Å²) in [4.78, 5) is 28.3. The van der Waals surface area contributed by atoms with Crippen LogP contribution in [0.5, 0.6) is 0 Å². The summed E-state index contributed by atoms with van der Waals surface area (Å²) in [5, 5.41) is 4.31. The fourth-order valence-corrected chi connectivity index (χ4v) is 5.66. The number of rotatable bonds is 4. The molecule has 1 aliphatic carbocycles. The number of alkyl halides is 3. The Labute approximate surface area is 186 Å². The molecule has 1 aliphatic heterocycles. The Bertz CT molecular complexity index is 1240. The van der Waals surface area contributed by atoms with Crippen molar-refractivity contribution in [1.29, 1.82) is 0 Å². The molecule has 1 aromatic carbocycles. The van der Waals surface area contributed by atoms with Gasteiger partial charge in [-0.2, -0.15) is 13.2 Å². The topological polar surface area (TPSA) is 70.5 Å². The van der Waals surface area contributed by atoms with E-state index in [2.05, 4.69) is 20.3 Å². The van der Waals surface area contributed by atoms with Crippen LogP contribution in [0, 0.1) is 5.92 Å². The molecule has 3 aromatic rings. The number of fused-ring (bicyclic) bond motifs is 4. The number of aromatic nitrogens is 2. The average molecular weight is 459 g/mol. The minimum absolute atomic E-state index is 0.423. The highest BCUT2D eigenvalue weighted by atomic mass is 32.1. The third-order valence-corrected chi connectivity index (χ3v) is 7.05. The minimum Gasteiger partial charge on any atom is -0.340 e. The van der Waals surface area contributed by atoms with Gasteiger partial charge in [-0.1, -0.05) is 6.07 Å². The van der Waals surface area contributed by atoms with E-state index in [1.807, 2.05) is 24.4 Å². The maximum absolute atomic E-state index is 12.7. The lowest BCUT2D eigenvalue weighted by molar-refractivity contribution is -0.161. The fraction of sp³-hybridized carbons (Fsp3) is 0.364. The number of benzene rings is 1. The summed E-state index contributed by atoms with van der Waals surface area (Å²) in [6.07, 6.45) is 0.484. The van der Waals surface area contributed by atoms with Gasteiger partial charge in [0.15, 0.2) is 0 Å². The zero-order valence-corrected chi connectivity index (χ0v) is 18.1. The molecular weight excluding hydrogens is 439 g/mol. The van der Waals surface area contributed by atoms with Gasteiger partial charge in [0.25, 0.3) is 0 Å². The molecule has 0 unspecified atom stereocenters. The summed E-state index contributed by atoms with van der Waals surface area (Å²) in [7, 11) is 1.21. The number of amides is 1. The number of aryl methyl sites for hydroxylation is 1. The number of aliphatic imine (C=N–C) groups is 1. The van der Waals surface area contributed by atoms with Crippen LogP contribution in [0.2, 0.25) is 0 Å². The van der Waals surface area contributed by atoms with Gasteiger partial charge in [0.2, 0.25) is 5.91 Å². The first-order chi connectivity index (χ1) is 15.3. The van der Waals surface area contributed by atoms with E-state index in [0.29, 0.717) is 31.6 Å².